The lowest BCUT2D eigenvalue weighted by Crippen LogP contribution is -1.88. The number of halogens is 1. The summed E-state index contributed by atoms with van der Waals surface area (Å²) in [6.07, 6.45) is 1.74. The topological polar surface area (TPSA) is 56.0 Å². The summed E-state index contributed by atoms with van der Waals surface area (Å²) in [5.74, 6) is 0. The Morgan fingerprint density at radius 2 is 1.77 bits per heavy atom. The molecule has 5 heteroatoms. The molecule has 0 N–H and O–H groups in total. The van der Waals surface area contributed by atoms with Crippen LogP contribution in [0.1, 0.15) is 11.3 Å². The molecule has 0 radical (unpaired) electrons. The summed E-state index contributed by atoms with van der Waals surface area (Å²) in [5, 5.41) is 12.2. The Balaban J connectivity index is 1.93. The van der Waals surface area contributed by atoms with Crippen LogP contribution in [0.3, 0.4) is 0 Å². The summed E-state index contributed by atoms with van der Waals surface area (Å²) in [7, 11) is 0. The first-order valence-electron chi connectivity index (χ1n) is 6.61. The molecular weight excluding hydrogens is 300 g/mol. The lowest BCUT2D eigenvalue weighted by molar-refractivity contribution is -0.384. The molecule has 0 spiro atoms. The maximum absolute atomic E-state index is 10.6. The van der Waals surface area contributed by atoms with Gasteiger partial charge in [0.1, 0.15) is 0 Å². The summed E-state index contributed by atoms with van der Waals surface area (Å²) in [4.78, 5) is 14.7. The number of hydrogen-bond donors (Lipinski definition) is 0. The second kappa shape index (κ2) is 5.95. The van der Waals surface area contributed by atoms with E-state index in [1.54, 1.807) is 18.2 Å². The molecule has 0 amide bonds. The van der Waals surface area contributed by atoms with E-state index in [2.05, 4.69) is 4.98 Å². The number of non-ortho nitro benzene ring substituents is 1. The molecule has 1 aromatic heterocycles. The Hall–Kier alpha value is -2.72. The number of fused-ring (bicyclic) bond motifs is 1. The zero-order valence-corrected chi connectivity index (χ0v) is 12.2. The molecular formula is C17H11ClN2O2. The highest BCUT2D eigenvalue weighted by molar-refractivity contribution is 6.51. The number of hydrogen-bond acceptors (Lipinski definition) is 3. The number of nitro groups is 1. The Morgan fingerprint density at radius 1 is 1.05 bits per heavy atom. The van der Waals surface area contributed by atoms with E-state index in [0.29, 0.717) is 10.7 Å². The van der Waals surface area contributed by atoms with E-state index in [-0.39, 0.29) is 5.69 Å². The standard InChI is InChI=1S/C17H11ClN2O2/c18-15(11-12-5-8-14(9-6-12)20(21)22)17-10-7-13-3-1-2-4-16(13)19-17/h1-11H/b15-11-. The second-order valence-corrected chi connectivity index (χ2v) is 5.14. The minimum Gasteiger partial charge on any atom is -0.258 e. The zero-order chi connectivity index (χ0) is 15.5. The van der Waals surface area contributed by atoms with Crippen molar-refractivity contribution >= 4 is 39.3 Å². The van der Waals surface area contributed by atoms with Crippen molar-refractivity contribution in [2.45, 2.75) is 0 Å². The highest BCUT2D eigenvalue weighted by Crippen LogP contribution is 2.24. The monoisotopic (exact) mass is 310 g/mol. The number of nitro benzene ring substituents is 1. The van der Waals surface area contributed by atoms with Gasteiger partial charge in [-0.1, -0.05) is 35.9 Å². The molecule has 0 saturated carbocycles. The van der Waals surface area contributed by atoms with Gasteiger partial charge in [-0.15, -0.1) is 0 Å². The zero-order valence-electron chi connectivity index (χ0n) is 11.4. The van der Waals surface area contributed by atoms with Crippen LogP contribution in [0, 0.1) is 10.1 Å². The van der Waals surface area contributed by atoms with Gasteiger partial charge in [0, 0.05) is 17.5 Å². The number of aromatic nitrogens is 1. The average molecular weight is 311 g/mol. The van der Waals surface area contributed by atoms with Crippen molar-refractivity contribution in [3.05, 3.63) is 82.0 Å². The Morgan fingerprint density at radius 3 is 2.50 bits per heavy atom. The van der Waals surface area contributed by atoms with Crippen molar-refractivity contribution in [1.29, 1.82) is 0 Å². The molecule has 0 aliphatic carbocycles. The predicted octanol–water partition coefficient (Wildman–Crippen LogP) is 4.88. The molecule has 2 aromatic carbocycles. The summed E-state index contributed by atoms with van der Waals surface area (Å²) >= 11 is 6.31. The molecule has 0 aliphatic heterocycles. The highest BCUT2D eigenvalue weighted by atomic mass is 35.5. The van der Waals surface area contributed by atoms with Crippen LogP contribution in [-0.4, -0.2) is 9.91 Å². The van der Waals surface area contributed by atoms with Crippen LogP contribution in [-0.2, 0) is 0 Å². The summed E-state index contributed by atoms with van der Waals surface area (Å²) in [6.45, 7) is 0. The van der Waals surface area contributed by atoms with Gasteiger partial charge in [0.2, 0.25) is 0 Å². The average Bonchev–Trinajstić information content (AvgIpc) is 2.55. The lowest BCUT2D eigenvalue weighted by Gasteiger charge is -2.02. The summed E-state index contributed by atoms with van der Waals surface area (Å²) in [6, 6.07) is 17.8. The van der Waals surface area contributed by atoms with Gasteiger partial charge in [-0.3, -0.25) is 10.1 Å². The molecule has 4 nitrogen and oxygen atoms in total. The number of rotatable bonds is 3. The minimum atomic E-state index is -0.431. The van der Waals surface area contributed by atoms with Gasteiger partial charge in [-0.2, -0.15) is 0 Å². The second-order valence-electron chi connectivity index (χ2n) is 4.73. The van der Waals surface area contributed by atoms with Gasteiger partial charge in [0.15, 0.2) is 0 Å². The molecule has 3 rings (SSSR count). The molecule has 0 unspecified atom stereocenters. The summed E-state index contributed by atoms with van der Waals surface area (Å²) in [5.41, 5.74) is 2.37. The van der Waals surface area contributed by atoms with E-state index < -0.39 is 4.92 Å². The molecule has 1 heterocycles. The third-order valence-corrected chi connectivity index (χ3v) is 3.54. The molecule has 0 atom stereocenters. The van der Waals surface area contributed by atoms with E-state index in [0.717, 1.165) is 16.5 Å². The van der Waals surface area contributed by atoms with Gasteiger partial charge in [-0.25, -0.2) is 4.98 Å². The van der Waals surface area contributed by atoms with Crippen molar-refractivity contribution in [3.8, 4) is 0 Å². The SMILES string of the molecule is O=[N+]([O-])c1ccc(/C=C(\Cl)c2ccc3ccccc3n2)cc1. The van der Waals surface area contributed by atoms with Crippen molar-refractivity contribution in [2.75, 3.05) is 0 Å². The quantitative estimate of drug-likeness (QED) is 0.511. The molecule has 22 heavy (non-hydrogen) atoms. The lowest BCUT2D eigenvalue weighted by atomic mass is 10.1. The number of nitrogens with zero attached hydrogens (tertiary/aromatic N) is 2. The van der Waals surface area contributed by atoms with E-state index in [4.69, 9.17) is 11.6 Å². The van der Waals surface area contributed by atoms with Crippen LogP contribution in [0.15, 0.2) is 60.7 Å². The van der Waals surface area contributed by atoms with E-state index in [9.17, 15) is 10.1 Å². The van der Waals surface area contributed by atoms with Crippen molar-refractivity contribution in [1.82, 2.24) is 4.98 Å². The van der Waals surface area contributed by atoms with Crippen molar-refractivity contribution in [2.24, 2.45) is 0 Å². The fourth-order valence-electron chi connectivity index (χ4n) is 2.11. The van der Waals surface area contributed by atoms with Crippen LogP contribution in [0.2, 0.25) is 0 Å². The first kappa shape index (κ1) is 14.2. The summed E-state index contributed by atoms with van der Waals surface area (Å²) < 4.78 is 0. The fraction of sp³-hybridized carbons (Fsp3) is 0. The molecule has 0 bridgehead atoms. The minimum absolute atomic E-state index is 0.0529. The van der Waals surface area contributed by atoms with Crippen molar-refractivity contribution in [3.63, 3.8) is 0 Å². The first-order valence-corrected chi connectivity index (χ1v) is 6.99. The number of para-hydroxylation sites is 1. The van der Waals surface area contributed by atoms with Gasteiger partial charge in [0.25, 0.3) is 5.69 Å². The van der Waals surface area contributed by atoms with Crippen LogP contribution < -0.4 is 0 Å². The maximum Gasteiger partial charge on any atom is 0.269 e. The van der Waals surface area contributed by atoms with E-state index >= 15 is 0 Å². The Labute approximate surface area is 131 Å². The Kier molecular flexibility index (Phi) is 3.85. The first-order chi connectivity index (χ1) is 10.6. The largest absolute Gasteiger partial charge is 0.269 e. The number of pyridine rings is 1. The van der Waals surface area contributed by atoms with Gasteiger partial charge >= 0.3 is 0 Å². The maximum atomic E-state index is 10.6. The number of benzene rings is 2. The highest BCUT2D eigenvalue weighted by Gasteiger charge is 2.05. The predicted molar refractivity (Wildman–Crippen MR) is 88.6 cm³/mol. The van der Waals surface area contributed by atoms with Crippen LogP contribution >= 0.6 is 11.6 Å². The normalized spacial score (nSPS) is 11.6. The molecule has 3 aromatic rings. The van der Waals surface area contributed by atoms with E-state index in [1.807, 2.05) is 36.4 Å². The van der Waals surface area contributed by atoms with Crippen LogP contribution in [0.25, 0.3) is 22.0 Å². The smallest absolute Gasteiger partial charge is 0.258 e. The van der Waals surface area contributed by atoms with Crippen molar-refractivity contribution < 1.29 is 4.92 Å². The third kappa shape index (κ3) is 2.97. The molecule has 0 saturated heterocycles. The van der Waals surface area contributed by atoms with Gasteiger partial charge < -0.3 is 0 Å². The van der Waals surface area contributed by atoms with Gasteiger partial charge in [-0.05, 0) is 35.9 Å². The Bertz CT molecular complexity index is 873. The fourth-order valence-corrected chi connectivity index (χ4v) is 2.34. The van der Waals surface area contributed by atoms with Crippen LogP contribution in [0.4, 0.5) is 5.69 Å². The molecule has 108 valence electrons. The van der Waals surface area contributed by atoms with E-state index in [1.165, 1.54) is 12.1 Å². The third-order valence-electron chi connectivity index (χ3n) is 3.24. The molecule has 0 aliphatic rings. The molecule has 0 fully saturated rings. The van der Waals surface area contributed by atoms with Gasteiger partial charge in [0.05, 0.1) is 21.2 Å². The van der Waals surface area contributed by atoms with Crippen LogP contribution in [0.5, 0.6) is 0 Å².